The van der Waals surface area contributed by atoms with Crippen LogP contribution in [0.15, 0.2) is 30.3 Å². The molecule has 0 aliphatic carbocycles. The highest BCUT2D eigenvalue weighted by molar-refractivity contribution is 6.17. The zero-order chi connectivity index (χ0) is 12.3. The maximum absolute atomic E-state index is 5.85. The van der Waals surface area contributed by atoms with E-state index in [1.54, 1.807) is 0 Å². The SMILES string of the molecule is CCC(C)Oc1nc(CCl)cc2ccccc12. The summed E-state index contributed by atoms with van der Waals surface area (Å²) >= 11 is 5.85. The Bertz CT molecular complexity index is 513. The topological polar surface area (TPSA) is 22.1 Å². The van der Waals surface area contributed by atoms with Crippen LogP contribution in [0.3, 0.4) is 0 Å². The number of benzene rings is 1. The minimum atomic E-state index is 0.163. The molecule has 3 heteroatoms. The number of nitrogens with zero attached hydrogens (tertiary/aromatic N) is 1. The quantitative estimate of drug-likeness (QED) is 0.760. The Hall–Kier alpha value is -1.28. The number of hydrogen-bond donors (Lipinski definition) is 0. The summed E-state index contributed by atoms with van der Waals surface area (Å²) in [7, 11) is 0. The summed E-state index contributed by atoms with van der Waals surface area (Å²) in [4.78, 5) is 4.45. The van der Waals surface area contributed by atoms with Gasteiger partial charge in [0.15, 0.2) is 0 Å². The molecule has 1 aromatic carbocycles. The smallest absolute Gasteiger partial charge is 0.221 e. The fraction of sp³-hybridized carbons (Fsp3) is 0.357. The molecule has 0 fully saturated rings. The van der Waals surface area contributed by atoms with Gasteiger partial charge in [-0.2, -0.15) is 0 Å². The van der Waals surface area contributed by atoms with Crippen LogP contribution in [0, 0.1) is 0 Å². The number of halogens is 1. The van der Waals surface area contributed by atoms with Gasteiger partial charge in [0.25, 0.3) is 0 Å². The second kappa shape index (κ2) is 5.37. The van der Waals surface area contributed by atoms with E-state index in [-0.39, 0.29) is 6.10 Å². The van der Waals surface area contributed by atoms with E-state index in [4.69, 9.17) is 16.3 Å². The maximum Gasteiger partial charge on any atom is 0.221 e. The van der Waals surface area contributed by atoms with Crippen molar-refractivity contribution in [2.45, 2.75) is 32.3 Å². The van der Waals surface area contributed by atoms with Gasteiger partial charge in [-0.15, -0.1) is 11.6 Å². The molecule has 17 heavy (non-hydrogen) atoms. The number of rotatable bonds is 4. The summed E-state index contributed by atoms with van der Waals surface area (Å²) in [6.45, 7) is 4.14. The summed E-state index contributed by atoms with van der Waals surface area (Å²) < 4.78 is 5.85. The zero-order valence-corrected chi connectivity index (χ0v) is 10.9. The van der Waals surface area contributed by atoms with Gasteiger partial charge in [0.05, 0.1) is 17.7 Å². The molecule has 1 aromatic heterocycles. The van der Waals surface area contributed by atoms with E-state index in [9.17, 15) is 0 Å². The van der Waals surface area contributed by atoms with E-state index in [0.717, 1.165) is 22.9 Å². The van der Waals surface area contributed by atoms with Crippen molar-refractivity contribution in [3.05, 3.63) is 36.0 Å². The number of ether oxygens (including phenoxy) is 1. The van der Waals surface area contributed by atoms with Crippen LogP contribution in [0.2, 0.25) is 0 Å². The molecule has 1 heterocycles. The third-order valence-corrected chi connectivity index (χ3v) is 3.06. The molecule has 0 radical (unpaired) electrons. The molecular formula is C14H16ClNO. The maximum atomic E-state index is 5.85. The Balaban J connectivity index is 2.50. The highest BCUT2D eigenvalue weighted by Crippen LogP contribution is 2.26. The number of fused-ring (bicyclic) bond motifs is 1. The van der Waals surface area contributed by atoms with Crippen LogP contribution in [0.4, 0.5) is 0 Å². The molecule has 0 saturated heterocycles. The molecule has 0 bridgehead atoms. The predicted molar refractivity (Wildman–Crippen MR) is 71.7 cm³/mol. The summed E-state index contributed by atoms with van der Waals surface area (Å²) in [5.74, 6) is 1.09. The third kappa shape index (κ3) is 2.70. The average molecular weight is 250 g/mol. The Morgan fingerprint density at radius 1 is 1.35 bits per heavy atom. The Labute approximate surface area is 107 Å². The third-order valence-electron chi connectivity index (χ3n) is 2.78. The first-order chi connectivity index (χ1) is 8.24. The fourth-order valence-corrected chi connectivity index (χ4v) is 1.79. The van der Waals surface area contributed by atoms with E-state index in [1.807, 2.05) is 31.2 Å². The second-order valence-corrected chi connectivity index (χ2v) is 4.38. The van der Waals surface area contributed by atoms with Crippen molar-refractivity contribution in [1.29, 1.82) is 0 Å². The number of pyridine rings is 1. The molecule has 90 valence electrons. The lowest BCUT2D eigenvalue weighted by atomic mass is 10.1. The van der Waals surface area contributed by atoms with Crippen LogP contribution < -0.4 is 4.74 Å². The largest absolute Gasteiger partial charge is 0.474 e. The monoisotopic (exact) mass is 249 g/mol. The van der Waals surface area contributed by atoms with Crippen LogP contribution >= 0.6 is 11.6 Å². The van der Waals surface area contributed by atoms with E-state index >= 15 is 0 Å². The van der Waals surface area contributed by atoms with Gasteiger partial charge in [-0.25, -0.2) is 4.98 Å². The number of aromatic nitrogens is 1. The minimum Gasteiger partial charge on any atom is -0.474 e. The molecule has 0 aliphatic rings. The minimum absolute atomic E-state index is 0.163. The zero-order valence-electron chi connectivity index (χ0n) is 10.1. The van der Waals surface area contributed by atoms with Gasteiger partial charge in [-0.1, -0.05) is 25.1 Å². The van der Waals surface area contributed by atoms with Gasteiger partial charge >= 0.3 is 0 Å². The van der Waals surface area contributed by atoms with Crippen molar-refractivity contribution < 1.29 is 4.74 Å². The highest BCUT2D eigenvalue weighted by Gasteiger charge is 2.09. The van der Waals surface area contributed by atoms with Crippen molar-refractivity contribution in [2.24, 2.45) is 0 Å². The highest BCUT2D eigenvalue weighted by atomic mass is 35.5. The standard InChI is InChI=1S/C14H16ClNO/c1-3-10(2)17-14-13-7-5-4-6-11(13)8-12(9-15)16-14/h4-8,10H,3,9H2,1-2H3. The number of hydrogen-bond acceptors (Lipinski definition) is 2. The molecule has 0 amide bonds. The Morgan fingerprint density at radius 2 is 2.12 bits per heavy atom. The molecule has 0 spiro atoms. The van der Waals surface area contributed by atoms with E-state index in [0.29, 0.717) is 11.8 Å². The molecule has 0 saturated carbocycles. The summed E-state index contributed by atoms with van der Waals surface area (Å²) in [5, 5.41) is 2.16. The fourth-order valence-electron chi connectivity index (χ4n) is 1.65. The van der Waals surface area contributed by atoms with Crippen LogP contribution in [-0.2, 0) is 5.88 Å². The average Bonchev–Trinajstić information content (AvgIpc) is 2.38. The normalized spacial score (nSPS) is 12.6. The van der Waals surface area contributed by atoms with Gasteiger partial charge < -0.3 is 4.74 Å². The first kappa shape index (κ1) is 12.2. The van der Waals surface area contributed by atoms with E-state index in [1.165, 1.54) is 0 Å². The van der Waals surface area contributed by atoms with Crippen molar-refractivity contribution in [2.75, 3.05) is 0 Å². The lowest BCUT2D eigenvalue weighted by Gasteiger charge is -2.14. The Kier molecular flexibility index (Phi) is 3.85. The van der Waals surface area contributed by atoms with Crippen LogP contribution in [0.25, 0.3) is 10.8 Å². The molecular weight excluding hydrogens is 234 g/mol. The Morgan fingerprint density at radius 3 is 2.82 bits per heavy atom. The molecule has 1 atom stereocenters. The molecule has 1 unspecified atom stereocenters. The molecule has 2 nitrogen and oxygen atoms in total. The van der Waals surface area contributed by atoms with Gasteiger partial charge in [0.1, 0.15) is 0 Å². The van der Waals surface area contributed by atoms with Crippen molar-refractivity contribution in [1.82, 2.24) is 4.98 Å². The molecule has 0 aliphatic heterocycles. The van der Waals surface area contributed by atoms with Gasteiger partial charge in [0.2, 0.25) is 5.88 Å². The van der Waals surface area contributed by atoms with Gasteiger partial charge in [0, 0.05) is 5.39 Å². The van der Waals surface area contributed by atoms with Gasteiger partial charge in [-0.3, -0.25) is 0 Å². The lowest BCUT2D eigenvalue weighted by molar-refractivity contribution is 0.211. The predicted octanol–water partition coefficient (Wildman–Crippen LogP) is 4.15. The van der Waals surface area contributed by atoms with Crippen molar-refractivity contribution in [3.63, 3.8) is 0 Å². The second-order valence-electron chi connectivity index (χ2n) is 4.11. The molecule has 0 N–H and O–H groups in total. The summed E-state index contributed by atoms with van der Waals surface area (Å²) in [5.41, 5.74) is 0.851. The number of alkyl halides is 1. The van der Waals surface area contributed by atoms with Crippen molar-refractivity contribution >= 4 is 22.4 Å². The van der Waals surface area contributed by atoms with Crippen molar-refractivity contribution in [3.8, 4) is 5.88 Å². The van der Waals surface area contributed by atoms with Crippen LogP contribution in [-0.4, -0.2) is 11.1 Å². The molecule has 2 aromatic rings. The van der Waals surface area contributed by atoms with Crippen LogP contribution in [0.1, 0.15) is 26.0 Å². The summed E-state index contributed by atoms with van der Waals surface area (Å²) in [6, 6.07) is 10.1. The van der Waals surface area contributed by atoms with E-state index in [2.05, 4.69) is 18.0 Å². The first-order valence-corrected chi connectivity index (χ1v) is 6.39. The lowest BCUT2D eigenvalue weighted by Crippen LogP contribution is -2.11. The van der Waals surface area contributed by atoms with Gasteiger partial charge in [-0.05, 0) is 30.9 Å². The van der Waals surface area contributed by atoms with Crippen LogP contribution in [0.5, 0.6) is 5.88 Å². The molecule has 2 rings (SSSR count). The summed E-state index contributed by atoms with van der Waals surface area (Å²) in [6.07, 6.45) is 1.12. The van der Waals surface area contributed by atoms with E-state index < -0.39 is 0 Å². The first-order valence-electron chi connectivity index (χ1n) is 5.86.